The van der Waals surface area contributed by atoms with Gasteiger partial charge < -0.3 is 15.3 Å². The lowest BCUT2D eigenvalue weighted by Gasteiger charge is -2.40. The Labute approximate surface area is 223 Å². The summed E-state index contributed by atoms with van der Waals surface area (Å²) >= 11 is 0. The molecule has 6 nitrogen and oxygen atoms in total. The molecule has 1 heterocycles. The SMILES string of the molecule is C[C@H]1c2ccc(C(=O)NCc3c(F)cc(F)cc3F)cc2N(Cc2c(F)cccc2CCCCO)C(=O)N1C. The molecule has 0 radical (unpaired) electrons. The number of amides is 3. The fraction of sp³-hybridized carbons (Fsp3) is 0.310. The van der Waals surface area contributed by atoms with Crippen LogP contribution in [-0.4, -0.2) is 35.6 Å². The van der Waals surface area contributed by atoms with E-state index in [1.807, 2.05) is 6.92 Å². The van der Waals surface area contributed by atoms with Crippen LogP contribution in [0.3, 0.4) is 0 Å². The molecule has 2 N–H and O–H groups in total. The Morgan fingerprint density at radius 1 is 0.974 bits per heavy atom. The molecule has 0 spiro atoms. The first kappa shape index (κ1) is 28.1. The molecule has 0 aromatic heterocycles. The molecule has 4 rings (SSSR count). The molecule has 3 amide bonds. The fourth-order valence-electron chi connectivity index (χ4n) is 4.70. The third kappa shape index (κ3) is 5.90. The van der Waals surface area contributed by atoms with Crippen LogP contribution in [0.5, 0.6) is 0 Å². The molecule has 39 heavy (non-hydrogen) atoms. The van der Waals surface area contributed by atoms with Gasteiger partial charge in [-0.25, -0.2) is 22.4 Å². The van der Waals surface area contributed by atoms with E-state index in [4.69, 9.17) is 5.11 Å². The lowest BCUT2D eigenvalue weighted by molar-refractivity contribution is 0.0950. The van der Waals surface area contributed by atoms with Crippen LogP contribution < -0.4 is 10.2 Å². The highest BCUT2D eigenvalue weighted by Crippen LogP contribution is 2.38. The molecule has 0 fully saturated rings. The summed E-state index contributed by atoms with van der Waals surface area (Å²) in [5, 5.41) is 11.6. The minimum Gasteiger partial charge on any atom is -0.396 e. The summed E-state index contributed by atoms with van der Waals surface area (Å²) in [5.41, 5.74) is 1.86. The Morgan fingerprint density at radius 2 is 1.69 bits per heavy atom. The zero-order valence-corrected chi connectivity index (χ0v) is 21.6. The van der Waals surface area contributed by atoms with Crippen LogP contribution in [0.4, 0.5) is 28.0 Å². The maximum Gasteiger partial charge on any atom is 0.325 e. The molecule has 0 aliphatic carbocycles. The number of unbranched alkanes of at least 4 members (excludes halogenated alkanes) is 1. The second kappa shape index (κ2) is 11.9. The van der Waals surface area contributed by atoms with E-state index >= 15 is 4.39 Å². The average Bonchev–Trinajstić information content (AvgIpc) is 2.90. The van der Waals surface area contributed by atoms with Crippen LogP contribution in [0.2, 0.25) is 0 Å². The van der Waals surface area contributed by atoms with Crippen LogP contribution in [0.1, 0.15) is 58.4 Å². The number of urea groups is 1. The van der Waals surface area contributed by atoms with Gasteiger partial charge in [-0.3, -0.25) is 9.69 Å². The standard InChI is InChI=1S/C29H29F4N3O3/c1-17-21-10-9-19(28(38)34-15-22-25(32)13-20(30)14-26(22)33)12-27(21)36(29(39)35(17)2)16-23-18(6-3-4-11-37)7-5-8-24(23)31/h5,7-10,12-14,17,37H,3-4,6,11,15-16H2,1-2H3,(H,34,38)/t17-/m0/s1. The molecule has 1 aliphatic heterocycles. The van der Waals surface area contributed by atoms with Crippen LogP contribution >= 0.6 is 0 Å². The van der Waals surface area contributed by atoms with Crippen molar-refractivity contribution in [2.24, 2.45) is 0 Å². The number of benzene rings is 3. The molecular formula is C29H29F4N3O3. The summed E-state index contributed by atoms with van der Waals surface area (Å²) in [6.45, 7) is 1.26. The number of hydrogen-bond acceptors (Lipinski definition) is 3. The molecule has 0 saturated heterocycles. The van der Waals surface area contributed by atoms with Gasteiger partial charge in [0.2, 0.25) is 0 Å². The lowest BCUT2D eigenvalue weighted by atomic mass is 9.96. The van der Waals surface area contributed by atoms with Crippen LogP contribution in [0, 0.1) is 23.3 Å². The maximum absolute atomic E-state index is 15.0. The second-order valence-corrected chi connectivity index (χ2v) is 9.52. The van der Waals surface area contributed by atoms with Gasteiger partial charge in [0.05, 0.1) is 18.3 Å². The highest BCUT2D eigenvalue weighted by Gasteiger charge is 2.34. The van der Waals surface area contributed by atoms with Gasteiger partial charge in [-0.15, -0.1) is 0 Å². The molecule has 3 aromatic carbocycles. The summed E-state index contributed by atoms with van der Waals surface area (Å²) in [7, 11) is 1.64. The van der Waals surface area contributed by atoms with E-state index < -0.39 is 41.3 Å². The maximum atomic E-state index is 15.0. The number of aliphatic hydroxyl groups excluding tert-OH is 1. The summed E-state index contributed by atoms with van der Waals surface area (Å²) < 4.78 is 56.2. The van der Waals surface area contributed by atoms with Crippen molar-refractivity contribution >= 4 is 17.6 Å². The van der Waals surface area contributed by atoms with Gasteiger partial charge in [0, 0.05) is 49.0 Å². The zero-order valence-electron chi connectivity index (χ0n) is 21.6. The van der Waals surface area contributed by atoms with Crippen molar-refractivity contribution < 1.29 is 32.3 Å². The number of fused-ring (bicyclic) bond motifs is 1. The second-order valence-electron chi connectivity index (χ2n) is 9.52. The number of hydrogen-bond donors (Lipinski definition) is 2. The van der Waals surface area contributed by atoms with E-state index in [2.05, 4.69) is 5.32 Å². The van der Waals surface area contributed by atoms with E-state index in [1.165, 1.54) is 28.0 Å². The first-order valence-electron chi connectivity index (χ1n) is 12.6. The highest BCUT2D eigenvalue weighted by molar-refractivity contribution is 5.99. The minimum absolute atomic E-state index is 0.0244. The monoisotopic (exact) mass is 543 g/mol. The first-order valence-corrected chi connectivity index (χ1v) is 12.6. The molecule has 1 aliphatic rings. The van der Waals surface area contributed by atoms with E-state index in [1.54, 1.807) is 25.2 Å². The molecule has 1 atom stereocenters. The van der Waals surface area contributed by atoms with Gasteiger partial charge in [-0.2, -0.15) is 0 Å². The number of nitrogens with one attached hydrogen (secondary N) is 1. The Kier molecular flexibility index (Phi) is 8.54. The average molecular weight is 544 g/mol. The molecule has 0 bridgehead atoms. The predicted octanol–water partition coefficient (Wildman–Crippen LogP) is 5.62. The quantitative estimate of drug-likeness (QED) is 0.272. The summed E-state index contributed by atoms with van der Waals surface area (Å²) in [6.07, 6.45) is 1.73. The molecule has 3 aromatic rings. The van der Waals surface area contributed by atoms with Gasteiger partial charge in [-0.05, 0) is 55.5 Å². The molecule has 0 unspecified atom stereocenters. The van der Waals surface area contributed by atoms with Crippen molar-refractivity contribution in [3.8, 4) is 0 Å². The lowest BCUT2D eigenvalue weighted by Crippen LogP contribution is -2.47. The van der Waals surface area contributed by atoms with Crippen LogP contribution in [0.15, 0.2) is 48.5 Å². The summed E-state index contributed by atoms with van der Waals surface area (Å²) in [4.78, 5) is 29.2. The normalized spacial score (nSPS) is 14.9. The number of aryl methyl sites for hydroxylation is 1. The first-order chi connectivity index (χ1) is 18.6. The molecule has 0 saturated carbocycles. The Bertz CT molecular complexity index is 1380. The smallest absolute Gasteiger partial charge is 0.325 e. The third-order valence-electron chi connectivity index (χ3n) is 7.06. The number of nitrogens with zero attached hydrogens (tertiary/aromatic N) is 2. The van der Waals surface area contributed by atoms with Gasteiger partial charge in [0.1, 0.15) is 23.3 Å². The number of carbonyl (C=O) groups is 2. The van der Waals surface area contributed by atoms with E-state index in [0.29, 0.717) is 42.6 Å². The van der Waals surface area contributed by atoms with Crippen molar-refractivity contribution in [3.05, 3.63) is 99.6 Å². The van der Waals surface area contributed by atoms with E-state index in [9.17, 15) is 22.8 Å². The molecule has 10 heteroatoms. The number of anilines is 1. The number of aliphatic hydroxyl groups is 1. The van der Waals surface area contributed by atoms with Gasteiger partial charge >= 0.3 is 6.03 Å². The minimum atomic E-state index is -1.12. The zero-order chi connectivity index (χ0) is 28.3. The Morgan fingerprint density at radius 3 is 2.38 bits per heavy atom. The van der Waals surface area contributed by atoms with Gasteiger partial charge in [0.25, 0.3) is 5.91 Å². The Hall–Kier alpha value is -3.92. The van der Waals surface area contributed by atoms with Crippen molar-refractivity contribution in [3.63, 3.8) is 0 Å². The number of rotatable bonds is 9. The van der Waals surface area contributed by atoms with Gasteiger partial charge in [-0.1, -0.05) is 18.2 Å². The van der Waals surface area contributed by atoms with Crippen molar-refractivity contribution in [2.45, 2.75) is 45.3 Å². The summed E-state index contributed by atoms with van der Waals surface area (Å²) in [6, 6.07) is 9.79. The van der Waals surface area contributed by atoms with Crippen LogP contribution in [0.25, 0.3) is 0 Å². The molecular weight excluding hydrogens is 514 g/mol. The van der Waals surface area contributed by atoms with Crippen molar-refractivity contribution in [2.75, 3.05) is 18.6 Å². The predicted molar refractivity (Wildman–Crippen MR) is 138 cm³/mol. The molecule has 206 valence electrons. The van der Waals surface area contributed by atoms with Crippen LogP contribution in [-0.2, 0) is 19.5 Å². The van der Waals surface area contributed by atoms with E-state index in [0.717, 1.165) is 11.1 Å². The number of halogens is 4. The van der Waals surface area contributed by atoms with E-state index in [-0.39, 0.29) is 30.8 Å². The van der Waals surface area contributed by atoms with Gasteiger partial charge in [0.15, 0.2) is 0 Å². The largest absolute Gasteiger partial charge is 0.396 e. The summed E-state index contributed by atoms with van der Waals surface area (Å²) in [5.74, 6) is -4.43. The number of carbonyl (C=O) groups excluding carboxylic acids is 2. The van der Waals surface area contributed by atoms with Crippen molar-refractivity contribution in [1.29, 1.82) is 0 Å². The third-order valence-corrected chi connectivity index (χ3v) is 7.06. The fourth-order valence-corrected chi connectivity index (χ4v) is 4.70. The topological polar surface area (TPSA) is 72.9 Å². The van der Waals surface area contributed by atoms with Crippen molar-refractivity contribution in [1.82, 2.24) is 10.2 Å². The Balaban J connectivity index is 1.64. The highest BCUT2D eigenvalue weighted by atomic mass is 19.1.